The van der Waals surface area contributed by atoms with Gasteiger partial charge in [-0.2, -0.15) is 0 Å². The van der Waals surface area contributed by atoms with Gasteiger partial charge in [-0.15, -0.1) is 0 Å². The van der Waals surface area contributed by atoms with Gasteiger partial charge in [-0.05, 0) is 37.0 Å². The van der Waals surface area contributed by atoms with Crippen LogP contribution in [-0.4, -0.2) is 37.8 Å². The molecule has 0 spiro atoms. The molecule has 0 aliphatic heterocycles. The minimum absolute atomic E-state index is 0.310. The largest absolute Gasteiger partial charge is 0.497 e. The lowest BCUT2D eigenvalue weighted by Gasteiger charge is -2.14. The Hall–Kier alpha value is -1.75. The molecule has 1 unspecified atom stereocenters. The second kappa shape index (κ2) is 10.1. The normalized spacial score (nSPS) is 13.1. The number of hydrogen-bond donors (Lipinski definition) is 3. The topological polar surface area (TPSA) is 65.9 Å². The zero-order valence-corrected chi connectivity index (χ0v) is 14.1. The van der Waals surface area contributed by atoms with Crippen LogP contribution in [0.2, 0.25) is 0 Å². The van der Waals surface area contributed by atoms with Crippen molar-refractivity contribution in [1.29, 1.82) is 0 Å². The van der Waals surface area contributed by atoms with Crippen LogP contribution < -0.4 is 15.4 Å². The highest BCUT2D eigenvalue weighted by molar-refractivity contribution is 5.79. The average molecular weight is 307 g/mol. The Labute approximate surface area is 133 Å². The minimum Gasteiger partial charge on any atom is -0.497 e. The van der Waals surface area contributed by atoms with Crippen molar-refractivity contribution in [3.63, 3.8) is 0 Å². The number of rotatable bonds is 8. The van der Waals surface area contributed by atoms with Crippen LogP contribution in [-0.2, 0) is 0 Å². The highest BCUT2D eigenvalue weighted by Gasteiger charge is 2.08. The van der Waals surface area contributed by atoms with Crippen molar-refractivity contribution < 1.29 is 9.84 Å². The Kier molecular flexibility index (Phi) is 8.36. The van der Waals surface area contributed by atoms with E-state index in [0.717, 1.165) is 36.8 Å². The molecule has 5 heteroatoms. The van der Waals surface area contributed by atoms with E-state index in [9.17, 15) is 5.11 Å². The molecular weight excluding hydrogens is 278 g/mol. The molecular formula is C17H29N3O2. The summed E-state index contributed by atoms with van der Waals surface area (Å²) in [5.74, 6) is 2.13. The molecule has 0 amide bonds. The molecule has 22 heavy (non-hydrogen) atoms. The molecule has 1 aromatic carbocycles. The molecule has 1 rings (SSSR count). The number of benzene rings is 1. The molecule has 0 fully saturated rings. The zero-order chi connectivity index (χ0) is 16.4. The molecule has 0 saturated carbocycles. The summed E-state index contributed by atoms with van der Waals surface area (Å²) in [5.41, 5.74) is 0.807. The summed E-state index contributed by atoms with van der Waals surface area (Å²) in [7, 11) is 1.62. The van der Waals surface area contributed by atoms with E-state index in [1.54, 1.807) is 7.11 Å². The van der Waals surface area contributed by atoms with Crippen LogP contribution >= 0.6 is 0 Å². The first-order valence-corrected chi connectivity index (χ1v) is 7.91. The predicted octanol–water partition coefficient (Wildman–Crippen LogP) is 2.33. The number of ether oxygens (including phenoxy) is 1. The standard InChI is InChI=1S/C17H29N3O2/c1-5-18-17(19-10-9-13(2)3)20-12-16(21)14-7-6-8-15(11-14)22-4/h6-8,11,13,16,21H,5,9-10,12H2,1-4H3,(H2,18,19,20). The van der Waals surface area contributed by atoms with Crippen molar-refractivity contribution in [2.45, 2.75) is 33.3 Å². The van der Waals surface area contributed by atoms with Gasteiger partial charge in [0, 0.05) is 13.1 Å². The number of methoxy groups -OCH3 is 1. The predicted molar refractivity (Wildman–Crippen MR) is 91.4 cm³/mol. The summed E-state index contributed by atoms with van der Waals surface area (Å²) < 4.78 is 5.17. The van der Waals surface area contributed by atoms with Gasteiger partial charge in [-0.3, -0.25) is 4.99 Å². The van der Waals surface area contributed by atoms with Crippen LogP contribution in [0.1, 0.15) is 38.9 Å². The van der Waals surface area contributed by atoms with E-state index in [2.05, 4.69) is 29.5 Å². The van der Waals surface area contributed by atoms with E-state index in [1.807, 2.05) is 31.2 Å². The maximum Gasteiger partial charge on any atom is 0.191 e. The monoisotopic (exact) mass is 307 g/mol. The van der Waals surface area contributed by atoms with Gasteiger partial charge in [-0.25, -0.2) is 0 Å². The minimum atomic E-state index is -0.643. The maximum atomic E-state index is 10.3. The van der Waals surface area contributed by atoms with E-state index in [0.29, 0.717) is 12.5 Å². The lowest BCUT2D eigenvalue weighted by Crippen LogP contribution is -2.38. The lowest BCUT2D eigenvalue weighted by molar-refractivity contribution is 0.186. The average Bonchev–Trinajstić information content (AvgIpc) is 2.52. The maximum absolute atomic E-state index is 10.3. The Morgan fingerprint density at radius 3 is 2.73 bits per heavy atom. The molecule has 0 saturated heterocycles. The Balaban J connectivity index is 2.59. The van der Waals surface area contributed by atoms with Crippen LogP contribution in [0.5, 0.6) is 5.75 Å². The fourth-order valence-electron chi connectivity index (χ4n) is 1.95. The molecule has 3 N–H and O–H groups in total. The first-order valence-electron chi connectivity index (χ1n) is 7.91. The fraction of sp³-hybridized carbons (Fsp3) is 0.588. The van der Waals surface area contributed by atoms with E-state index in [1.165, 1.54) is 0 Å². The molecule has 0 radical (unpaired) electrons. The summed E-state index contributed by atoms with van der Waals surface area (Å²) in [4.78, 5) is 4.45. The molecule has 0 aliphatic rings. The van der Waals surface area contributed by atoms with Gasteiger partial charge < -0.3 is 20.5 Å². The molecule has 1 aromatic rings. The quantitative estimate of drug-likeness (QED) is 0.509. The van der Waals surface area contributed by atoms with Crippen molar-refractivity contribution in [3.8, 4) is 5.75 Å². The summed E-state index contributed by atoms with van der Waals surface area (Å²) >= 11 is 0. The number of nitrogens with zero attached hydrogens (tertiary/aromatic N) is 1. The number of aliphatic imine (C=N–C) groups is 1. The van der Waals surface area contributed by atoms with Crippen LogP contribution in [0.15, 0.2) is 29.3 Å². The second-order valence-corrected chi connectivity index (χ2v) is 5.62. The highest BCUT2D eigenvalue weighted by Crippen LogP contribution is 2.19. The summed E-state index contributed by atoms with van der Waals surface area (Å²) in [5, 5.41) is 16.7. The van der Waals surface area contributed by atoms with Crippen LogP contribution in [0.4, 0.5) is 0 Å². The Morgan fingerprint density at radius 1 is 1.32 bits per heavy atom. The van der Waals surface area contributed by atoms with E-state index in [4.69, 9.17) is 4.74 Å². The molecule has 5 nitrogen and oxygen atoms in total. The van der Waals surface area contributed by atoms with Crippen LogP contribution in [0.3, 0.4) is 0 Å². The molecule has 1 atom stereocenters. The third-order valence-corrected chi connectivity index (χ3v) is 3.26. The molecule has 124 valence electrons. The number of hydrogen-bond acceptors (Lipinski definition) is 3. The van der Waals surface area contributed by atoms with Crippen LogP contribution in [0.25, 0.3) is 0 Å². The Morgan fingerprint density at radius 2 is 2.09 bits per heavy atom. The van der Waals surface area contributed by atoms with Gasteiger partial charge in [0.2, 0.25) is 0 Å². The SMILES string of the molecule is CCNC(=NCC(O)c1cccc(OC)c1)NCCC(C)C. The van der Waals surface area contributed by atoms with Gasteiger partial charge in [0.15, 0.2) is 5.96 Å². The fourth-order valence-corrected chi connectivity index (χ4v) is 1.95. The third-order valence-electron chi connectivity index (χ3n) is 3.26. The van der Waals surface area contributed by atoms with Gasteiger partial charge >= 0.3 is 0 Å². The van der Waals surface area contributed by atoms with E-state index < -0.39 is 6.10 Å². The lowest BCUT2D eigenvalue weighted by atomic mass is 10.1. The number of aliphatic hydroxyl groups excluding tert-OH is 1. The Bertz CT molecular complexity index is 461. The van der Waals surface area contributed by atoms with Gasteiger partial charge in [0.05, 0.1) is 19.8 Å². The highest BCUT2D eigenvalue weighted by atomic mass is 16.5. The number of aliphatic hydroxyl groups is 1. The second-order valence-electron chi connectivity index (χ2n) is 5.62. The smallest absolute Gasteiger partial charge is 0.191 e. The number of nitrogens with one attached hydrogen (secondary N) is 2. The molecule has 0 aromatic heterocycles. The molecule has 0 aliphatic carbocycles. The van der Waals surface area contributed by atoms with Crippen molar-refractivity contribution in [2.24, 2.45) is 10.9 Å². The summed E-state index contributed by atoms with van der Waals surface area (Å²) in [6, 6.07) is 7.44. The summed E-state index contributed by atoms with van der Waals surface area (Å²) in [6.07, 6.45) is 0.443. The third kappa shape index (κ3) is 6.80. The van der Waals surface area contributed by atoms with Crippen molar-refractivity contribution in [2.75, 3.05) is 26.7 Å². The van der Waals surface area contributed by atoms with Gasteiger partial charge in [0.25, 0.3) is 0 Å². The van der Waals surface area contributed by atoms with Gasteiger partial charge in [-0.1, -0.05) is 26.0 Å². The van der Waals surface area contributed by atoms with Crippen molar-refractivity contribution in [1.82, 2.24) is 10.6 Å². The first-order chi connectivity index (χ1) is 10.6. The van der Waals surface area contributed by atoms with Crippen LogP contribution in [0, 0.1) is 5.92 Å². The molecule has 0 bridgehead atoms. The summed E-state index contributed by atoms with van der Waals surface area (Å²) in [6.45, 7) is 8.39. The van der Waals surface area contributed by atoms with Crippen molar-refractivity contribution >= 4 is 5.96 Å². The van der Waals surface area contributed by atoms with E-state index >= 15 is 0 Å². The zero-order valence-electron chi connectivity index (χ0n) is 14.1. The van der Waals surface area contributed by atoms with Crippen molar-refractivity contribution in [3.05, 3.63) is 29.8 Å². The van der Waals surface area contributed by atoms with Gasteiger partial charge in [0.1, 0.15) is 5.75 Å². The van der Waals surface area contributed by atoms with E-state index in [-0.39, 0.29) is 0 Å². The number of guanidine groups is 1. The molecule has 0 heterocycles. The first kappa shape index (κ1) is 18.3.